The third-order valence-corrected chi connectivity index (χ3v) is 7.01. The van der Waals surface area contributed by atoms with Gasteiger partial charge in [-0.3, -0.25) is 14.4 Å². The van der Waals surface area contributed by atoms with Gasteiger partial charge in [0.05, 0.1) is 17.9 Å². The molecular formula is C26H29Cl2NO4. The van der Waals surface area contributed by atoms with Gasteiger partial charge in [-0.05, 0) is 55.2 Å². The van der Waals surface area contributed by atoms with Gasteiger partial charge in [-0.15, -0.1) is 0 Å². The number of carbonyl (C=O) groups excluding carboxylic acids is 2. The summed E-state index contributed by atoms with van der Waals surface area (Å²) in [5, 5.41) is 10.8. The molecule has 0 spiro atoms. The van der Waals surface area contributed by atoms with Crippen molar-refractivity contribution in [2.24, 2.45) is 5.41 Å². The van der Waals surface area contributed by atoms with E-state index in [1.54, 1.807) is 30.0 Å². The first-order valence-corrected chi connectivity index (χ1v) is 11.9. The van der Waals surface area contributed by atoms with Crippen molar-refractivity contribution in [3.8, 4) is 0 Å². The minimum absolute atomic E-state index is 0.0191. The molecule has 2 unspecified atom stereocenters. The Morgan fingerprint density at radius 2 is 1.79 bits per heavy atom. The van der Waals surface area contributed by atoms with Crippen molar-refractivity contribution in [2.45, 2.75) is 64.5 Å². The van der Waals surface area contributed by atoms with Crippen molar-refractivity contribution in [3.05, 3.63) is 69.7 Å². The molecule has 0 saturated carbocycles. The third kappa shape index (κ3) is 5.59. The SMILES string of the molecule is CCC(CC(C)=O)N1C(=O)[C@@](C)(CC(=O)O)C[C@H](c2cccc(Cl)c2)C1c1ccc(Cl)cc1. The Morgan fingerprint density at radius 1 is 1.12 bits per heavy atom. The highest BCUT2D eigenvalue weighted by Crippen LogP contribution is 2.52. The quantitative estimate of drug-likeness (QED) is 0.472. The molecule has 176 valence electrons. The standard InChI is InChI=1S/C26H29Cl2NO4/c1-4-21(12-16(2)30)29-24(17-8-10-19(27)11-9-17)22(18-6-5-7-20(28)13-18)14-26(3,25(29)33)15-23(31)32/h5-11,13,21-22,24H,4,12,14-15H2,1-3H3,(H,31,32)/t21?,22-,24?,26-/m1/s1. The molecule has 0 bridgehead atoms. The van der Waals surface area contributed by atoms with Crippen molar-refractivity contribution in [2.75, 3.05) is 0 Å². The average molecular weight is 490 g/mol. The second-order valence-corrected chi connectivity index (χ2v) is 10.0. The molecule has 1 saturated heterocycles. The van der Waals surface area contributed by atoms with Crippen molar-refractivity contribution in [1.29, 1.82) is 0 Å². The second-order valence-electron chi connectivity index (χ2n) is 9.17. The molecule has 1 N–H and O–H groups in total. The van der Waals surface area contributed by atoms with Gasteiger partial charge < -0.3 is 10.0 Å². The summed E-state index contributed by atoms with van der Waals surface area (Å²) in [6.07, 6.45) is 0.834. The van der Waals surface area contributed by atoms with Gasteiger partial charge in [0.1, 0.15) is 5.78 Å². The van der Waals surface area contributed by atoms with Crippen LogP contribution in [0.25, 0.3) is 0 Å². The smallest absolute Gasteiger partial charge is 0.304 e. The molecule has 1 aliphatic heterocycles. The minimum Gasteiger partial charge on any atom is -0.481 e. The van der Waals surface area contributed by atoms with Crippen LogP contribution in [-0.2, 0) is 14.4 Å². The summed E-state index contributed by atoms with van der Waals surface area (Å²) in [5.41, 5.74) is 0.692. The predicted octanol–water partition coefficient (Wildman–Crippen LogP) is 6.29. The van der Waals surface area contributed by atoms with Crippen LogP contribution in [0.4, 0.5) is 0 Å². The fourth-order valence-corrected chi connectivity index (χ4v) is 5.38. The van der Waals surface area contributed by atoms with Gasteiger partial charge in [0.25, 0.3) is 0 Å². The highest BCUT2D eigenvalue weighted by molar-refractivity contribution is 6.30. The number of halogens is 2. The Kier molecular flexibility index (Phi) is 7.86. The largest absolute Gasteiger partial charge is 0.481 e. The Morgan fingerprint density at radius 3 is 2.33 bits per heavy atom. The monoisotopic (exact) mass is 489 g/mol. The third-order valence-electron chi connectivity index (χ3n) is 6.52. The molecule has 0 radical (unpaired) electrons. The summed E-state index contributed by atoms with van der Waals surface area (Å²) in [5.74, 6) is -1.50. The number of ketones is 1. The lowest BCUT2D eigenvalue weighted by atomic mass is 9.67. The van der Waals surface area contributed by atoms with Gasteiger partial charge in [0.2, 0.25) is 5.91 Å². The lowest BCUT2D eigenvalue weighted by Gasteiger charge is -2.51. The first kappa shape index (κ1) is 25.3. The van der Waals surface area contributed by atoms with Gasteiger partial charge in [0, 0.05) is 28.4 Å². The van der Waals surface area contributed by atoms with Crippen LogP contribution in [0.3, 0.4) is 0 Å². The number of amides is 1. The van der Waals surface area contributed by atoms with E-state index in [1.165, 1.54) is 6.92 Å². The molecular weight excluding hydrogens is 461 g/mol. The molecule has 1 amide bonds. The van der Waals surface area contributed by atoms with Crippen LogP contribution in [0.15, 0.2) is 48.5 Å². The number of carbonyl (C=O) groups is 3. The highest BCUT2D eigenvalue weighted by atomic mass is 35.5. The number of Topliss-reactive ketones (excluding diaryl/α,β-unsaturated/α-hetero) is 1. The molecule has 1 aliphatic rings. The van der Waals surface area contributed by atoms with Crippen LogP contribution in [-0.4, -0.2) is 33.7 Å². The number of hydrogen-bond acceptors (Lipinski definition) is 3. The summed E-state index contributed by atoms with van der Waals surface area (Å²) >= 11 is 12.5. The molecule has 0 aromatic heterocycles. The summed E-state index contributed by atoms with van der Waals surface area (Å²) in [6, 6.07) is 14.1. The van der Waals surface area contributed by atoms with Crippen molar-refractivity contribution >= 4 is 40.9 Å². The molecule has 2 aromatic rings. The number of hydrogen-bond donors (Lipinski definition) is 1. The Labute approximate surface area is 204 Å². The number of aliphatic carboxylic acids is 1. The van der Waals surface area contributed by atoms with Crippen molar-refractivity contribution in [3.63, 3.8) is 0 Å². The van der Waals surface area contributed by atoms with Gasteiger partial charge >= 0.3 is 5.97 Å². The van der Waals surface area contributed by atoms with Crippen molar-refractivity contribution in [1.82, 2.24) is 4.90 Å². The van der Waals surface area contributed by atoms with E-state index >= 15 is 0 Å². The van der Waals surface area contributed by atoms with Gasteiger partial charge in [-0.2, -0.15) is 0 Å². The van der Waals surface area contributed by atoms with Gasteiger partial charge in [-0.1, -0.05) is 61.3 Å². The maximum atomic E-state index is 14.0. The fourth-order valence-electron chi connectivity index (χ4n) is 5.05. The zero-order valence-corrected chi connectivity index (χ0v) is 20.6. The van der Waals surface area contributed by atoms with E-state index in [2.05, 4.69) is 0 Å². The zero-order chi connectivity index (χ0) is 24.3. The minimum atomic E-state index is -1.12. The number of likely N-dealkylation sites (tertiary alicyclic amines) is 1. The maximum absolute atomic E-state index is 14.0. The van der Waals surface area contributed by atoms with Crippen LogP contribution in [0.5, 0.6) is 0 Å². The average Bonchev–Trinajstić information content (AvgIpc) is 2.74. The summed E-state index contributed by atoms with van der Waals surface area (Å²) in [6.45, 7) is 5.17. The van der Waals surface area contributed by atoms with Crippen LogP contribution in [0.1, 0.15) is 69.5 Å². The Hall–Kier alpha value is -2.37. The molecule has 1 heterocycles. The zero-order valence-electron chi connectivity index (χ0n) is 19.1. The van der Waals surface area contributed by atoms with Gasteiger partial charge in [0.15, 0.2) is 0 Å². The topological polar surface area (TPSA) is 74.7 Å². The lowest BCUT2D eigenvalue weighted by molar-refractivity contribution is -0.161. The highest BCUT2D eigenvalue weighted by Gasteiger charge is 2.52. The van der Waals surface area contributed by atoms with Crippen LogP contribution in [0, 0.1) is 5.41 Å². The molecule has 4 atom stereocenters. The van der Waals surface area contributed by atoms with Crippen LogP contribution >= 0.6 is 23.2 Å². The van der Waals surface area contributed by atoms with E-state index in [9.17, 15) is 19.5 Å². The number of piperidine rings is 1. The fraction of sp³-hybridized carbons (Fsp3) is 0.423. The number of rotatable bonds is 8. The summed E-state index contributed by atoms with van der Waals surface area (Å²) < 4.78 is 0. The number of carboxylic acid groups (broad SMARTS) is 1. The molecule has 2 aromatic carbocycles. The maximum Gasteiger partial charge on any atom is 0.304 e. The predicted molar refractivity (Wildman–Crippen MR) is 130 cm³/mol. The molecule has 33 heavy (non-hydrogen) atoms. The van der Waals surface area contributed by atoms with E-state index in [1.807, 2.05) is 37.3 Å². The Balaban J connectivity index is 2.24. The van der Waals surface area contributed by atoms with E-state index in [0.717, 1.165) is 11.1 Å². The van der Waals surface area contributed by atoms with Gasteiger partial charge in [-0.25, -0.2) is 0 Å². The van der Waals surface area contributed by atoms with Crippen molar-refractivity contribution < 1.29 is 19.5 Å². The first-order valence-electron chi connectivity index (χ1n) is 11.1. The summed E-state index contributed by atoms with van der Waals surface area (Å²) in [7, 11) is 0. The number of nitrogens with zero attached hydrogens (tertiary/aromatic N) is 1. The molecule has 3 rings (SSSR count). The molecule has 5 nitrogen and oxygen atoms in total. The van der Waals surface area contributed by atoms with E-state index in [0.29, 0.717) is 22.9 Å². The van der Waals surface area contributed by atoms with E-state index in [4.69, 9.17) is 23.2 Å². The summed E-state index contributed by atoms with van der Waals surface area (Å²) in [4.78, 5) is 39.6. The normalized spacial score (nSPS) is 23.9. The number of carboxylic acids is 1. The lowest BCUT2D eigenvalue weighted by Crippen LogP contribution is -2.56. The second kappa shape index (κ2) is 10.3. The van der Waals surface area contributed by atoms with E-state index < -0.39 is 11.4 Å². The first-order chi connectivity index (χ1) is 15.6. The molecule has 1 fully saturated rings. The molecule has 0 aliphatic carbocycles. The van der Waals surface area contributed by atoms with E-state index in [-0.39, 0.29) is 42.5 Å². The number of benzene rings is 2. The van der Waals surface area contributed by atoms with Crippen LogP contribution in [0.2, 0.25) is 10.0 Å². The van der Waals surface area contributed by atoms with Crippen LogP contribution < -0.4 is 0 Å². The Bertz CT molecular complexity index is 1040. The molecule has 7 heteroatoms.